The third kappa shape index (κ3) is 8.18. The lowest BCUT2D eigenvalue weighted by atomic mass is 10.1. The summed E-state index contributed by atoms with van der Waals surface area (Å²) in [7, 11) is 0. The molecule has 0 fully saturated rings. The van der Waals surface area contributed by atoms with Gasteiger partial charge >= 0.3 is 18.1 Å². The van der Waals surface area contributed by atoms with E-state index in [0.29, 0.717) is 24.3 Å². The maximum absolute atomic E-state index is 12.6. The number of carbonyl (C=O) groups is 3. The van der Waals surface area contributed by atoms with Gasteiger partial charge in [0.15, 0.2) is 0 Å². The lowest BCUT2D eigenvalue weighted by molar-refractivity contribution is -0.192. The first-order valence-corrected chi connectivity index (χ1v) is 10.4. The molecule has 184 valence electrons. The number of carboxylic acids is 2. The van der Waals surface area contributed by atoms with Gasteiger partial charge in [0, 0.05) is 18.7 Å². The van der Waals surface area contributed by atoms with Gasteiger partial charge in [-0.1, -0.05) is 48.5 Å². The van der Waals surface area contributed by atoms with E-state index in [-0.39, 0.29) is 11.5 Å². The number of amides is 1. The first-order chi connectivity index (χ1) is 16.5. The highest BCUT2D eigenvalue weighted by Gasteiger charge is 2.38. The van der Waals surface area contributed by atoms with E-state index in [2.05, 4.69) is 10.2 Å². The molecule has 3 aromatic carbocycles. The molecule has 0 unspecified atom stereocenters. The summed E-state index contributed by atoms with van der Waals surface area (Å²) in [5.74, 6) is -4.07. The van der Waals surface area contributed by atoms with E-state index >= 15 is 0 Å². The van der Waals surface area contributed by atoms with Crippen LogP contribution < -0.4 is 10.2 Å². The number of anilines is 2. The van der Waals surface area contributed by atoms with Crippen molar-refractivity contribution in [2.45, 2.75) is 19.6 Å². The van der Waals surface area contributed by atoms with Gasteiger partial charge in [0.1, 0.15) is 0 Å². The first-order valence-electron chi connectivity index (χ1n) is 10.4. The number of alkyl halides is 3. The number of hydrogen-bond acceptors (Lipinski definition) is 4. The van der Waals surface area contributed by atoms with Crippen molar-refractivity contribution < 1.29 is 37.8 Å². The fourth-order valence-corrected chi connectivity index (χ4v) is 3.00. The van der Waals surface area contributed by atoms with Crippen LogP contribution in [-0.4, -0.2) is 40.8 Å². The fourth-order valence-electron chi connectivity index (χ4n) is 3.00. The number of hydrogen-bond donors (Lipinski definition) is 3. The molecule has 3 N–H and O–H groups in total. The van der Waals surface area contributed by atoms with Crippen LogP contribution in [0.15, 0.2) is 78.9 Å². The van der Waals surface area contributed by atoms with Crippen LogP contribution in [0.4, 0.5) is 24.5 Å². The van der Waals surface area contributed by atoms with Crippen molar-refractivity contribution in [2.24, 2.45) is 0 Å². The summed E-state index contributed by atoms with van der Waals surface area (Å²) in [6, 6.07) is 23.7. The minimum Gasteiger partial charge on any atom is -0.478 e. The number of nitrogens with zero attached hydrogens (tertiary/aromatic N) is 1. The van der Waals surface area contributed by atoms with Crippen LogP contribution in [0.3, 0.4) is 0 Å². The zero-order valence-electron chi connectivity index (χ0n) is 18.6. The zero-order valence-corrected chi connectivity index (χ0v) is 18.6. The van der Waals surface area contributed by atoms with Gasteiger partial charge in [0.05, 0.1) is 16.9 Å². The van der Waals surface area contributed by atoms with Gasteiger partial charge in [0.2, 0.25) is 0 Å². The smallest absolute Gasteiger partial charge is 0.478 e. The second-order valence-corrected chi connectivity index (χ2v) is 7.16. The maximum atomic E-state index is 12.6. The van der Waals surface area contributed by atoms with Gasteiger partial charge < -0.3 is 20.4 Å². The van der Waals surface area contributed by atoms with E-state index < -0.39 is 18.1 Å². The van der Waals surface area contributed by atoms with Crippen LogP contribution in [0.2, 0.25) is 0 Å². The maximum Gasteiger partial charge on any atom is 0.490 e. The van der Waals surface area contributed by atoms with Crippen molar-refractivity contribution in [2.75, 3.05) is 16.8 Å². The Labute approximate surface area is 199 Å². The van der Waals surface area contributed by atoms with Crippen molar-refractivity contribution in [3.05, 3.63) is 95.6 Å². The Morgan fingerprint density at radius 2 is 1.40 bits per heavy atom. The molecule has 3 aromatic rings. The molecule has 0 atom stereocenters. The number of benzene rings is 3. The standard InChI is InChI=1S/C23H22N2O3.C2HF3O2/c1-2-25(16-17-9-5-3-6-10-17)21-14-13-19(23(27)28)15-20(21)24-22(26)18-11-7-4-8-12-18;3-2(4,5)1(6)7/h3-15H,2,16H2,1H3,(H,24,26)(H,27,28);(H,6,7). The topological polar surface area (TPSA) is 107 Å². The van der Waals surface area contributed by atoms with Crippen molar-refractivity contribution in [3.63, 3.8) is 0 Å². The Hall–Kier alpha value is -4.34. The molecule has 0 saturated carbocycles. The number of rotatable bonds is 7. The second-order valence-electron chi connectivity index (χ2n) is 7.16. The van der Waals surface area contributed by atoms with Gasteiger partial charge in [0.25, 0.3) is 5.91 Å². The summed E-state index contributed by atoms with van der Waals surface area (Å²) in [5.41, 5.74) is 3.03. The Morgan fingerprint density at radius 1 is 0.857 bits per heavy atom. The van der Waals surface area contributed by atoms with Gasteiger partial charge in [-0.25, -0.2) is 9.59 Å². The van der Waals surface area contributed by atoms with Gasteiger partial charge in [-0.3, -0.25) is 4.79 Å². The quantitative estimate of drug-likeness (QED) is 0.417. The molecule has 0 aliphatic heterocycles. The normalized spacial score (nSPS) is 10.5. The van der Waals surface area contributed by atoms with Crippen molar-refractivity contribution in [1.29, 1.82) is 0 Å². The average Bonchev–Trinajstić information content (AvgIpc) is 2.83. The first kappa shape index (κ1) is 26.9. The van der Waals surface area contributed by atoms with E-state index in [1.807, 2.05) is 43.3 Å². The molecule has 3 rings (SSSR count). The fraction of sp³-hybridized carbons (Fsp3) is 0.160. The third-order valence-electron chi connectivity index (χ3n) is 4.71. The SMILES string of the molecule is CCN(Cc1ccccc1)c1ccc(C(=O)O)cc1NC(=O)c1ccccc1.O=C(O)C(F)(F)F. The highest BCUT2D eigenvalue weighted by Crippen LogP contribution is 2.29. The average molecular weight is 488 g/mol. The number of aromatic carboxylic acids is 1. The van der Waals surface area contributed by atoms with E-state index in [9.17, 15) is 27.9 Å². The molecule has 0 aliphatic rings. The predicted molar refractivity (Wildman–Crippen MR) is 125 cm³/mol. The summed E-state index contributed by atoms with van der Waals surface area (Å²) in [6.45, 7) is 3.38. The molecule has 0 saturated heterocycles. The summed E-state index contributed by atoms with van der Waals surface area (Å²) in [4.78, 5) is 35.1. The summed E-state index contributed by atoms with van der Waals surface area (Å²) >= 11 is 0. The van der Waals surface area contributed by atoms with Crippen molar-refractivity contribution in [1.82, 2.24) is 0 Å². The molecule has 35 heavy (non-hydrogen) atoms. The molecule has 7 nitrogen and oxygen atoms in total. The lowest BCUT2D eigenvalue weighted by Gasteiger charge is -2.26. The molecule has 0 heterocycles. The number of nitrogens with one attached hydrogen (secondary N) is 1. The number of carbonyl (C=O) groups excluding carboxylic acids is 1. The Morgan fingerprint density at radius 3 is 1.89 bits per heavy atom. The Bertz CT molecular complexity index is 1150. The molecule has 0 bridgehead atoms. The number of carboxylic acid groups (broad SMARTS) is 2. The zero-order chi connectivity index (χ0) is 26.0. The van der Waals surface area contributed by atoms with E-state index in [0.717, 1.165) is 11.3 Å². The molecule has 1 amide bonds. The minimum absolute atomic E-state index is 0.128. The highest BCUT2D eigenvalue weighted by atomic mass is 19.4. The van der Waals surface area contributed by atoms with Crippen LogP contribution in [0, 0.1) is 0 Å². The molecule has 0 radical (unpaired) electrons. The van der Waals surface area contributed by atoms with Crippen LogP contribution in [0.25, 0.3) is 0 Å². The third-order valence-corrected chi connectivity index (χ3v) is 4.71. The monoisotopic (exact) mass is 488 g/mol. The van der Waals surface area contributed by atoms with Crippen LogP contribution in [0.1, 0.15) is 33.2 Å². The molecular formula is C25H23F3N2O5. The lowest BCUT2D eigenvalue weighted by Crippen LogP contribution is -2.24. The van der Waals surface area contributed by atoms with E-state index in [1.54, 1.807) is 36.4 Å². The van der Waals surface area contributed by atoms with E-state index in [4.69, 9.17) is 9.90 Å². The molecule has 10 heteroatoms. The molecular weight excluding hydrogens is 465 g/mol. The largest absolute Gasteiger partial charge is 0.490 e. The van der Waals surface area contributed by atoms with Gasteiger partial charge in [-0.05, 0) is 42.8 Å². The molecule has 0 spiro atoms. The molecule has 0 aromatic heterocycles. The van der Waals surface area contributed by atoms with E-state index in [1.165, 1.54) is 6.07 Å². The second kappa shape index (κ2) is 12.2. The predicted octanol–water partition coefficient (Wildman–Crippen LogP) is 5.30. The van der Waals surface area contributed by atoms with Crippen LogP contribution in [-0.2, 0) is 11.3 Å². The summed E-state index contributed by atoms with van der Waals surface area (Å²) in [5, 5.41) is 19.4. The number of aliphatic carboxylic acids is 1. The molecule has 0 aliphatic carbocycles. The van der Waals surface area contributed by atoms with Crippen LogP contribution >= 0.6 is 0 Å². The van der Waals surface area contributed by atoms with Crippen molar-refractivity contribution >= 4 is 29.2 Å². The Kier molecular flexibility index (Phi) is 9.39. The Balaban J connectivity index is 0.000000540. The highest BCUT2D eigenvalue weighted by molar-refractivity contribution is 6.06. The summed E-state index contributed by atoms with van der Waals surface area (Å²) < 4.78 is 31.7. The summed E-state index contributed by atoms with van der Waals surface area (Å²) in [6.07, 6.45) is -5.08. The van der Waals surface area contributed by atoms with Gasteiger partial charge in [-0.15, -0.1) is 0 Å². The minimum atomic E-state index is -5.08. The van der Waals surface area contributed by atoms with Gasteiger partial charge in [-0.2, -0.15) is 13.2 Å². The van der Waals surface area contributed by atoms with Crippen LogP contribution in [0.5, 0.6) is 0 Å². The number of halogens is 3. The van der Waals surface area contributed by atoms with Crippen molar-refractivity contribution in [3.8, 4) is 0 Å².